The van der Waals surface area contributed by atoms with Gasteiger partial charge >= 0.3 is 0 Å². The quantitative estimate of drug-likeness (QED) is 0.495. The third-order valence-electron chi connectivity index (χ3n) is 0.703. The first kappa shape index (κ1) is 4.96. The Labute approximate surface area is 45.9 Å². The average Bonchev–Trinajstić information content (AvgIpc) is 2.14. The van der Waals surface area contributed by atoms with Crippen LogP contribution in [-0.2, 0) is 9.53 Å². The van der Waals surface area contributed by atoms with E-state index in [1.807, 2.05) is 0 Å². The minimum Gasteiger partial charge on any atom is -0.480 e. The highest BCUT2D eigenvalue weighted by atomic mass is 16.5. The van der Waals surface area contributed by atoms with Crippen LogP contribution < -0.4 is 0 Å². The summed E-state index contributed by atoms with van der Waals surface area (Å²) in [4.78, 5) is 10.2. The van der Waals surface area contributed by atoms with Gasteiger partial charge in [-0.15, -0.1) is 10.2 Å². The molecule has 0 radical (unpaired) electrons. The molecule has 8 heavy (non-hydrogen) atoms. The number of hydrogen-bond donors (Lipinski definition) is 0. The van der Waals surface area contributed by atoms with Crippen molar-refractivity contribution in [1.82, 2.24) is 0 Å². The van der Waals surface area contributed by atoms with Crippen LogP contribution in [0, 0.1) is 0 Å². The summed E-state index contributed by atoms with van der Waals surface area (Å²) in [6.07, 6.45) is 1.22. The summed E-state index contributed by atoms with van der Waals surface area (Å²) in [5.41, 5.74) is 0. The highest BCUT2D eigenvalue weighted by Crippen LogP contribution is 2.05. The predicted octanol–water partition coefficient (Wildman–Crippen LogP) is 0.467. The molecule has 0 bridgehead atoms. The van der Waals surface area contributed by atoms with E-state index in [1.54, 1.807) is 0 Å². The van der Waals surface area contributed by atoms with Gasteiger partial charge in [-0.25, -0.2) is 0 Å². The van der Waals surface area contributed by atoms with Gasteiger partial charge in [-0.3, -0.25) is 4.79 Å². The fraction of sp³-hybridized carbons (Fsp3) is 0.250. The summed E-state index contributed by atoms with van der Waals surface area (Å²) in [5.74, 6) is -0.0862. The van der Waals surface area contributed by atoms with Crippen LogP contribution in [0.25, 0.3) is 0 Å². The predicted molar refractivity (Wildman–Crippen MR) is 25.0 cm³/mol. The molecule has 1 aliphatic rings. The van der Waals surface area contributed by atoms with E-state index in [-0.39, 0.29) is 11.8 Å². The lowest BCUT2D eigenvalue weighted by molar-refractivity contribution is -0.113. The van der Waals surface area contributed by atoms with Crippen LogP contribution in [-0.4, -0.2) is 13.0 Å². The molecule has 1 heterocycles. The van der Waals surface area contributed by atoms with Gasteiger partial charge in [0, 0.05) is 0 Å². The first-order valence-corrected chi connectivity index (χ1v) is 2.04. The van der Waals surface area contributed by atoms with E-state index < -0.39 is 0 Å². The number of methoxy groups -OCH3 is 1. The van der Waals surface area contributed by atoms with E-state index in [0.717, 1.165) is 0 Å². The zero-order valence-electron chi connectivity index (χ0n) is 4.29. The lowest BCUT2D eigenvalue weighted by atomic mass is 10.6. The summed E-state index contributed by atoms with van der Waals surface area (Å²) < 4.78 is 4.56. The Morgan fingerprint density at radius 1 is 1.62 bits per heavy atom. The number of rotatable bonds is 1. The van der Waals surface area contributed by atoms with Crippen molar-refractivity contribution in [3.8, 4) is 0 Å². The van der Waals surface area contributed by atoms with Gasteiger partial charge < -0.3 is 4.74 Å². The van der Waals surface area contributed by atoms with E-state index in [2.05, 4.69) is 15.0 Å². The van der Waals surface area contributed by atoms with E-state index in [4.69, 9.17) is 0 Å². The molecule has 0 aromatic rings. The monoisotopic (exact) mass is 112 g/mol. The van der Waals surface area contributed by atoms with Crippen molar-refractivity contribution in [3.63, 3.8) is 0 Å². The zero-order chi connectivity index (χ0) is 5.98. The maximum atomic E-state index is 10.2. The largest absolute Gasteiger partial charge is 0.480 e. The fourth-order valence-electron chi connectivity index (χ4n) is 0.362. The Hall–Kier alpha value is -1.19. The normalized spacial score (nSPS) is 16.6. The Morgan fingerprint density at radius 2 is 2.38 bits per heavy atom. The lowest BCUT2D eigenvalue weighted by Gasteiger charge is -1.86. The Balaban J connectivity index is 2.72. The molecule has 0 saturated heterocycles. The van der Waals surface area contributed by atoms with Crippen molar-refractivity contribution in [2.75, 3.05) is 7.11 Å². The molecule has 4 heteroatoms. The van der Waals surface area contributed by atoms with Gasteiger partial charge in [-0.2, -0.15) is 0 Å². The van der Waals surface area contributed by atoms with Gasteiger partial charge in [0.2, 0.25) is 5.88 Å². The summed E-state index contributed by atoms with van der Waals surface area (Å²) >= 11 is 0. The Kier molecular flexibility index (Phi) is 1.07. The molecule has 42 valence electrons. The van der Waals surface area contributed by atoms with Gasteiger partial charge in [0.25, 0.3) is 5.91 Å². The summed E-state index contributed by atoms with van der Waals surface area (Å²) in [5, 5.41) is 6.51. The van der Waals surface area contributed by atoms with E-state index in [9.17, 15) is 4.79 Å². The maximum absolute atomic E-state index is 10.2. The van der Waals surface area contributed by atoms with Crippen molar-refractivity contribution in [1.29, 1.82) is 0 Å². The molecule has 1 amide bonds. The summed E-state index contributed by atoms with van der Waals surface area (Å²) in [7, 11) is 1.43. The van der Waals surface area contributed by atoms with Crippen molar-refractivity contribution < 1.29 is 9.53 Å². The topological polar surface area (TPSA) is 51.0 Å². The van der Waals surface area contributed by atoms with E-state index >= 15 is 0 Å². The average molecular weight is 112 g/mol. The molecule has 0 spiro atoms. The molecular weight excluding hydrogens is 108 g/mol. The van der Waals surface area contributed by atoms with E-state index in [1.165, 1.54) is 13.2 Å². The number of amides is 1. The summed E-state index contributed by atoms with van der Waals surface area (Å²) in [6, 6.07) is 0. The molecule has 0 unspecified atom stereocenters. The first-order valence-electron chi connectivity index (χ1n) is 2.04. The van der Waals surface area contributed by atoms with Crippen LogP contribution >= 0.6 is 0 Å². The number of carbonyl (C=O) groups is 1. The number of ether oxygens (including phenoxy) is 1. The minimum absolute atomic E-state index is 0.273. The molecule has 0 N–H and O–H groups in total. The SMILES string of the molecule is COC1=CC(=O)N=N1. The summed E-state index contributed by atoms with van der Waals surface area (Å²) in [6.45, 7) is 0. The van der Waals surface area contributed by atoms with Crippen LogP contribution in [0.4, 0.5) is 0 Å². The van der Waals surface area contributed by atoms with Gasteiger partial charge in [0.05, 0.1) is 13.2 Å². The van der Waals surface area contributed by atoms with Crippen LogP contribution in [0.15, 0.2) is 22.2 Å². The van der Waals surface area contributed by atoms with Gasteiger partial charge in [-0.1, -0.05) is 0 Å². The first-order chi connectivity index (χ1) is 3.83. The Bertz CT molecular complexity index is 171. The van der Waals surface area contributed by atoms with Crippen LogP contribution in [0.1, 0.15) is 0 Å². The number of carbonyl (C=O) groups excluding carboxylic acids is 1. The molecule has 1 rings (SSSR count). The molecule has 0 aliphatic carbocycles. The molecule has 4 nitrogen and oxygen atoms in total. The number of azo groups is 1. The van der Waals surface area contributed by atoms with E-state index in [0.29, 0.717) is 0 Å². The third-order valence-corrected chi connectivity index (χ3v) is 0.703. The fourth-order valence-corrected chi connectivity index (χ4v) is 0.362. The van der Waals surface area contributed by atoms with Gasteiger partial charge in [0.15, 0.2) is 0 Å². The third kappa shape index (κ3) is 0.726. The van der Waals surface area contributed by atoms with Crippen molar-refractivity contribution >= 4 is 5.91 Å². The zero-order valence-corrected chi connectivity index (χ0v) is 4.29. The molecule has 0 aromatic heterocycles. The molecule has 0 atom stereocenters. The number of hydrogen-bond acceptors (Lipinski definition) is 3. The molecule has 0 saturated carbocycles. The van der Waals surface area contributed by atoms with Gasteiger partial charge in [0.1, 0.15) is 0 Å². The van der Waals surface area contributed by atoms with Crippen LogP contribution in [0.2, 0.25) is 0 Å². The lowest BCUT2D eigenvalue weighted by Crippen LogP contribution is -1.79. The second-order valence-electron chi connectivity index (χ2n) is 1.22. The second kappa shape index (κ2) is 1.73. The van der Waals surface area contributed by atoms with Crippen molar-refractivity contribution in [3.05, 3.63) is 12.0 Å². The Morgan fingerprint density at radius 3 is 2.62 bits per heavy atom. The number of nitrogens with zero attached hydrogens (tertiary/aromatic N) is 2. The van der Waals surface area contributed by atoms with Gasteiger partial charge in [-0.05, 0) is 0 Å². The smallest absolute Gasteiger partial charge is 0.293 e. The highest BCUT2D eigenvalue weighted by Gasteiger charge is 2.05. The molecule has 1 aliphatic heterocycles. The highest BCUT2D eigenvalue weighted by molar-refractivity contribution is 5.89. The van der Waals surface area contributed by atoms with Crippen molar-refractivity contribution in [2.45, 2.75) is 0 Å². The molecular formula is C4H4N2O2. The van der Waals surface area contributed by atoms with Crippen LogP contribution in [0.5, 0.6) is 0 Å². The van der Waals surface area contributed by atoms with Crippen LogP contribution in [0.3, 0.4) is 0 Å². The molecule has 0 fully saturated rings. The second-order valence-corrected chi connectivity index (χ2v) is 1.22. The maximum Gasteiger partial charge on any atom is 0.293 e. The standard InChI is InChI=1S/C4H4N2O2/c1-8-4-2-3(7)5-6-4/h2H,1H3. The minimum atomic E-state index is -0.359. The molecule has 0 aromatic carbocycles. The van der Waals surface area contributed by atoms with Crippen molar-refractivity contribution in [2.24, 2.45) is 10.2 Å².